The molecular weight excluding hydrogens is 269 g/mol. The van der Waals surface area contributed by atoms with Crippen molar-refractivity contribution < 1.29 is 33.0 Å². The molecular formula is C10H15F3N2O4. The minimum absolute atomic E-state index is 0.0895. The number of likely N-dealkylation sites (tertiary alicyclic amines) is 1. The van der Waals surface area contributed by atoms with E-state index in [2.05, 4.69) is 0 Å². The van der Waals surface area contributed by atoms with Gasteiger partial charge in [-0.25, -0.2) is 9.59 Å². The van der Waals surface area contributed by atoms with Crippen molar-refractivity contribution in [3.8, 4) is 0 Å². The van der Waals surface area contributed by atoms with Gasteiger partial charge in [0.15, 0.2) is 6.04 Å². The predicted octanol–water partition coefficient (Wildman–Crippen LogP) is 0.416. The number of aliphatic hydroxyl groups is 1. The molecule has 0 aliphatic carbocycles. The van der Waals surface area contributed by atoms with E-state index in [0.717, 1.165) is 4.90 Å². The second kappa shape index (κ2) is 6.09. The maximum Gasteiger partial charge on any atom is 0.391 e. The van der Waals surface area contributed by atoms with Gasteiger partial charge in [0.25, 0.3) is 0 Å². The van der Waals surface area contributed by atoms with Gasteiger partial charge in [0.1, 0.15) is 0 Å². The van der Waals surface area contributed by atoms with E-state index in [-0.39, 0.29) is 25.9 Å². The maximum atomic E-state index is 12.4. The van der Waals surface area contributed by atoms with E-state index in [1.165, 1.54) is 0 Å². The number of nitrogens with zero attached hydrogens (tertiary/aromatic N) is 1. The van der Waals surface area contributed by atoms with Gasteiger partial charge in [0.2, 0.25) is 0 Å². The number of carboxylic acids is 1. The summed E-state index contributed by atoms with van der Waals surface area (Å²) in [5, 5.41) is 19.4. The van der Waals surface area contributed by atoms with Gasteiger partial charge in [0, 0.05) is 13.1 Å². The summed E-state index contributed by atoms with van der Waals surface area (Å²) >= 11 is 0. The zero-order chi connectivity index (χ0) is 14.6. The average molecular weight is 284 g/mol. The number of piperidine rings is 1. The molecule has 1 rings (SSSR count). The lowest BCUT2D eigenvalue weighted by atomic mass is 9.96. The Hall–Kier alpha value is -1.51. The first-order chi connectivity index (χ1) is 8.75. The number of carboxylic acid groups (broad SMARTS) is 1. The summed E-state index contributed by atoms with van der Waals surface area (Å²) in [6.07, 6.45) is -4.67. The first-order valence-corrected chi connectivity index (χ1v) is 5.71. The van der Waals surface area contributed by atoms with E-state index in [1.807, 2.05) is 5.32 Å². The van der Waals surface area contributed by atoms with Crippen molar-refractivity contribution in [2.45, 2.75) is 25.1 Å². The fraction of sp³-hybridized carbons (Fsp3) is 0.800. The monoisotopic (exact) mass is 284 g/mol. The van der Waals surface area contributed by atoms with E-state index in [9.17, 15) is 22.8 Å². The Bertz CT molecular complexity index is 340. The Balaban J connectivity index is 2.47. The highest BCUT2D eigenvalue weighted by Gasteiger charge is 2.41. The van der Waals surface area contributed by atoms with Gasteiger partial charge >= 0.3 is 18.2 Å². The van der Waals surface area contributed by atoms with Gasteiger partial charge in [-0.15, -0.1) is 0 Å². The van der Waals surface area contributed by atoms with E-state index >= 15 is 0 Å². The van der Waals surface area contributed by atoms with Crippen molar-refractivity contribution in [2.75, 3.05) is 19.7 Å². The molecule has 0 aromatic heterocycles. The molecule has 2 amide bonds. The fourth-order valence-corrected chi connectivity index (χ4v) is 1.84. The second-order valence-corrected chi connectivity index (χ2v) is 4.33. The van der Waals surface area contributed by atoms with Gasteiger partial charge in [0.05, 0.1) is 12.5 Å². The van der Waals surface area contributed by atoms with Crippen LogP contribution in [-0.2, 0) is 4.79 Å². The fourth-order valence-electron chi connectivity index (χ4n) is 1.84. The number of alkyl halides is 3. The van der Waals surface area contributed by atoms with Crippen LogP contribution in [0.5, 0.6) is 0 Å². The number of amides is 2. The normalized spacial score (nSPS) is 19.1. The highest BCUT2D eigenvalue weighted by atomic mass is 19.4. The molecule has 1 atom stereocenters. The maximum absolute atomic E-state index is 12.4. The highest BCUT2D eigenvalue weighted by Crippen LogP contribution is 2.33. The lowest BCUT2D eigenvalue weighted by Crippen LogP contribution is -2.52. The number of carbonyl (C=O) groups excluding carboxylic acids is 1. The molecule has 0 aromatic carbocycles. The van der Waals surface area contributed by atoms with Crippen molar-refractivity contribution >= 4 is 12.0 Å². The van der Waals surface area contributed by atoms with Crippen LogP contribution in [0.2, 0.25) is 0 Å². The van der Waals surface area contributed by atoms with Gasteiger partial charge in [-0.2, -0.15) is 13.2 Å². The minimum Gasteiger partial charge on any atom is -0.480 e. The lowest BCUT2D eigenvalue weighted by Gasteiger charge is -2.33. The quantitative estimate of drug-likeness (QED) is 0.700. The van der Waals surface area contributed by atoms with E-state index < -0.39 is 36.7 Å². The number of hydrogen-bond donors (Lipinski definition) is 3. The van der Waals surface area contributed by atoms with Crippen LogP contribution in [0.25, 0.3) is 0 Å². The Morgan fingerprint density at radius 3 is 2.21 bits per heavy atom. The average Bonchev–Trinajstić information content (AvgIpc) is 2.34. The predicted molar refractivity (Wildman–Crippen MR) is 57.4 cm³/mol. The molecule has 1 aliphatic rings. The molecule has 0 spiro atoms. The standard InChI is InChI=1S/C10H15F3N2O4/c11-10(12,13)6-1-3-15(4-2-6)9(19)14-7(5-16)8(17)18/h6-7,16H,1-5H2,(H,14,19)(H,17,18)/t7-/m0/s1. The third-order valence-electron chi connectivity index (χ3n) is 3.02. The van der Waals surface area contributed by atoms with Gasteiger partial charge < -0.3 is 20.4 Å². The third kappa shape index (κ3) is 4.27. The zero-order valence-corrected chi connectivity index (χ0v) is 9.98. The summed E-state index contributed by atoms with van der Waals surface area (Å²) in [4.78, 5) is 23.3. The molecule has 0 saturated carbocycles. The van der Waals surface area contributed by atoms with E-state index in [1.54, 1.807) is 0 Å². The van der Waals surface area contributed by atoms with Crippen LogP contribution in [0.3, 0.4) is 0 Å². The van der Waals surface area contributed by atoms with Gasteiger partial charge in [-0.05, 0) is 12.8 Å². The van der Waals surface area contributed by atoms with Gasteiger partial charge in [-0.3, -0.25) is 0 Å². The number of aliphatic hydroxyl groups excluding tert-OH is 1. The lowest BCUT2D eigenvalue weighted by molar-refractivity contribution is -0.183. The van der Waals surface area contributed by atoms with Gasteiger partial charge in [-0.1, -0.05) is 0 Å². The molecule has 1 aliphatic heterocycles. The molecule has 0 bridgehead atoms. The smallest absolute Gasteiger partial charge is 0.391 e. The number of urea groups is 1. The van der Waals surface area contributed by atoms with Crippen molar-refractivity contribution in [1.82, 2.24) is 10.2 Å². The zero-order valence-electron chi connectivity index (χ0n) is 9.98. The Kier molecular flexibility index (Phi) is 4.98. The van der Waals surface area contributed by atoms with Crippen LogP contribution in [0, 0.1) is 5.92 Å². The van der Waals surface area contributed by atoms with Crippen molar-refractivity contribution in [2.24, 2.45) is 5.92 Å². The molecule has 19 heavy (non-hydrogen) atoms. The Labute approximate surface area is 107 Å². The third-order valence-corrected chi connectivity index (χ3v) is 3.02. The summed E-state index contributed by atoms with van der Waals surface area (Å²) in [6.45, 7) is -0.957. The van der Waals surface area contributed by atoms with Crippen LogP contribution >= 0.6 is 0 Å². The summed E-state index contributed by atoms with van der Waals surface area (Å²) < 4.78 is 37.2. The number of halogens is 3. The van der Waals surface area contributed by atoms with Crippen LogP contribution in [0.4, 0.5) is 18.0 Å². The molecule has 0 radical (unpaired) electrons. The first-order valence-electron chi connectivity index (χ1n) is 5.71. The molecule has 0 aromatic rings. The summed E-state index contributed by atoms with van der Waals surface area (Å²) in [6, 6.07) is -2.23. The molecule has 3 N–H and O–H groups in total. The number of hydrogen-bond acceptors (Lipinski definition) is 3. The number of aliphatic carboxylic acids is 1. The Morgan fingerprint density at radius 1 is 1.32 bits per heavy atom. The topological polar surface area (TPSA) is 89.9 Å². The van der Waals surface area contributed by atoms with E-state index in [4.69, 9.17) is 10.2 Å². The number of rotatable bonds is 3. The minimum atomic E-state index is -4.27. The summed E-state index contributed by atoms with van der Waals surface area (Å²) in [5.74, 6) is -2.83. The molecule has 6 nitrogen and oxygen atoms in total. The summed E-state index contributed by atoms with van der Waals surface area (Å²) in [5.41, 5.74) is 0. The molecule has 1 fully saturated rings. The molecule has 1 heterocycles. The van der Waals surface area contributed by atoms with Crippen molar-refractivity contribution in [3.05, 3.63) is 0 Å². The number of carbonyl (C=O) groups is 2. The van der Waals surface area contributed by atoms with Crippen molar-refractivity contribution in [3.63, 3.8) is 0 Å². The van der Waals surface area contributed by atoms with Crippen LogP contribution < -0.4 is 5.32 Å². The van der Waals surface area contributed by atoms with E-state index in [0.29, 0.717) is 0 Å². The summed E-state index contributed by atoms with van der Waals surface area (Å²) in [7, 11) is 0. The van der Waals surface area contributed by atoms with Crippen LogP contribution in [-0.4, -0.2) is 59.0 Å². The van der Waals surface area contributed by atoms with Crippen LogP contribution in [0.15, 0.2) is 0 Å². The largest absolute Gasteiger partial charge is 0.480 e. The molecule has 110 valence electrons. The van der Waals surface area contributed by atoms with Crippen LogP contribution in [0.1, 0.15) is 12.8 Å². The number of nitrogens with one attached hydrogen (secondary N) is 1. The Morgan fingerprint density at radius 2 is 1.84 bits per heavy atom. The first kappa shape index (κ1) is 15.5. The highest BCUT2D eigenvalue weighted by molar-refractivity contribution is 5.82. The molecule has 9 heteroatoms. The second-order valence-electron chi connectivity index (χ2n) is 4.33. The van der Waals surface area contributed by atoms with Crippen molar-refractivity contribution in [1.29, 1.82) is 0 Å². The molecule has 1 saturated heterocycles. The SMILES string of the molecule is O=C(O)[C@H](CO)NC(=O)N1CCC(C(F)(F)F)CC1. The molecule has 0 unspecified atom stereocenters.